The molecule has 0 saturated heterocycles. The minimum absolute atomic E-state index is 0.118. The maximum absolute atomic E-state index is 11.3. The summed E-state index contributed by atoms with van der Waals surface area (Å²) >= 11 is 5.90. The highest BCUT2D eigenvalue weighted by molar-refractivity contribution is 7.89. The standard InChI is InChI=1S/C19H25ClN4O2S/c1-2-22-19(23-13-11-15-3-7-17(20)8-4-15)24-14-12-16-5-9-18(10-6-16)27(21,25)26/h3-10H,2,11-14H2,1H3,(H2,21,25,26)(H2,22,23,24). The van der Waals surface area contributed by atoms with E-state index >= 15 is 0 Å². The predicted molar refractivity (Wildman–Crippen MR) is 111 cm³/mol. The molecule has 0 fully saturated rings. The minimum Gasteiger partial charge on any atom is -0.357 e. The molecule has 0 aliphatic carbocycles. The predicted octanol–water partition coefficient (Wildman–Crippen LogP) is 2.33. The van der Waals surface area contributed by atoms with Gasteiger partial charge in [0.1, 0.15) is 0 Å². The van der Waals surface area contributed by atoms with Crippen LogP contribution in [0.4, 0.5) is 0 Å². The molecule has 2 aromatic carbocycles. The van der Waals surface area contributed by atoms with Gasteiger partial charge in [0.05, 0.1) is 4.90 Å². The summed E-state index contributed by atoms with van der Waals surface area (Å²) in [7, 11) is -3.65. The number of primary sulfonamides is 1. The van der Waals surface area contributed by atoms with Crippen molar-refractivity contribution in [1.82, 2.24) is 10.6 Å². The molecule has 0 radical (unpaired) electrons. The van der Waals surface area contributed by atoms with E-state index in [9.17, 15) is 8.42 Å². The lowest BCUT2D eigenvalue weighted by Crippen LogP contribution is -2.38. The van der Waals surface area contributed by atoms with Gasteiger partial charge >= 0.3 is 0 Å². The van der Waals surface area contributed by atoms with Crippen molar-refractivity contribution in [2.75, 3.05) is 19.6 Å². The lowest BCUT2D eigenvalue weighted by Gasteiger charge is -2.11. The van der Waals surface area contributed by atoms with Crippen molar-refractivity contribution >= 4 is 27.6 Å². The summed E-state index contributed by atoms with van der Waals surface area (Å²) in [6, 6.07) is 14.4. The molecule has 0 amide bonds. The first kappa shape index (κ1) is 21.2. The van der Waals surface area contributed by atoms with Crippen LogP contribution >= 0.6 is 11.6 Å². The Hall–Kier alpha value is -2.09. The van der Waals surface area contributed by atoms with Crippen LogP contribution < -0.4 is 15.8 Å². The van der Waals surface area contributed by atoms with Crippen molar-refractivity contribution in [1.29, 1.82) is 0 Å². The van der Waals surface area contributed by atoms with E-state index in [4.69, 9.17) is 16.7 Å². The van der Waals surface area contributed by atoms with Crippen LogP contribution in [0.3, 0.4) is 0 Å². The SMILES string of the molecule is CCNC(=NCCc1ccc(S(N)(=O)=O)cc1)NCCc1ccc(Cl)cc1. The number of halogens is 1. The van der Waals surface area contributed by atoms with Gasteiger partial charge in [-0.25, -0.2) is 13.6 Å². The van der Waals surface area contributed by atoms with E-state index < -0.39 is 10.0 Å². The monoisotopic (exact) mass is 408 g/mol. The molecule has 2 aromatic rings. The van der Waals surface area contributed by atoms with Crippen LogP contribution in [-0.2, 0) is 22.9 Å². The van der Waals surface area contributed by atoms with Crippen LogP contribution in [0.25, 0.3) is 0 Å². The Labute approximate surface area is 165 Å². The molecule has 4 N–H and O–H groups in total. The van der Waals surface area contributed by atoms with Crippen LogP contribution in [0, 0.1) is 0 Å². The minimum atomic E-state index is -3.65. The highest BCUT2D eigenvalue weighted by atomic mass is 35.5. The van der Waals surface area contributed by atoms with Crippen molar-refractivity contribution in [3.63, 3.8) is 0 Å². The van der Waals surface area contributed by atoms with Crippen molar-refractivity contribution in [3.05, 3.63) is 64.7 Å². The van der Waals surface area contributed by atoms with E-state index in [0.717, 1.165) is 36.1 Å². The Morgan fingerprint density at radius 1 is 1.00 bits per heavy atom. The zero-order chi connectivity index (χ0) is 19.7. The molecule has 0 atom stereocenters. The van der Waals surface area contributed by atoms with Gasteiger partial charge in [-0.05, 0) is 55.2 Å². The third kappa shape index (κ3) is 7.58. The Morgan fingerprint density at radius 3 is 2.19 bits per heavy atom. The molecule has 0 aliphatic rings. The van der Waals surface area contributed by atoms with Crippen LogP contribution in [-0.4, -0.2) is 34.0 Å². The van der Waals surface area contributed by atoms with Gasteiger partial charge in [0.2, 0.25) is 10.0 Å². The van der Waals surface area contributed by atoms with Gasteiger partial charge in [0.15, 0.2) is 5.96 Å². The molecule has 2 rings (SSSR count). The average Bonchev–Trinajstić information content (AvgIpc) is 2.63. The van der Waals surface area contributed by atoms with Gasteiger partial charge in [-0.2, -0.15) is 0 Å². The Morgan fingerprint density at radius 2 is 1.59 bits per heavy atom. The van der Waals surface area contributed by atoms with Crippen molar-refractivity contribution in [2.24, 2.45) is 10.1 Å². The Kier molecular flexibility index (Phi) is 8.09. The fourth-order valence-electron chi connectivity index (χ4n) is 2.46. The second-order valence-electron chi connectivity index (χ2n) is 6.00. The number of nitrogens with zero attached hydrogens (tertiary/aromatic N) is 1. The molecule has 0 aliphatic heterocycles. The van der Waals surface area contributed by atoms with E-state index in [2.05, 4.69) is 15.6 Å². The van der Waals surface area contributed by atoms with E-state index in [1.165, 1.54) is 17.7 Å². The highest BCUT2D eigenvalue weighted by Gasteiger charge is 2.06. The topological polar surface area (TPSA) is 96.6 Å². The summed E-state index contributed by atoms with van der Waals surface area (Å²) in [5.74, 6) is 0.757. The van der Waals surface area contributed by atoms with E-state index in [1.807, 2.05) is 31.2 Å². The summed E-state index contributed by atoms with van der Waals surface area (Å²) in [4.78, 5) is 4.67. The van der Waals surface area contributed by atoms with Crippen LogP contribution in [0.5, 0.6) is 0 Å². The molecule has 0 aromatic heterocycles. The largest absolute Gasteiger partial charge is 0.357 e. The van der Waals surface area contributed by atoms with Crippen molar-refractivity contribution < 1.29 is 8.42 Å². The number of sulfonamides is 1. The maximum Gasteiger partial charge on any atom is 0.238 e. The number of guanidine groups is 1. The Bertz CT molecular complexity index is 850. The summed E-state index contributed by atoms with van der Waals surface area (Å²) in [6.45, 7) is 4.14. The first-order chi connectivity index (χ1) is 12.9. The number of benzene rings is 2. The quantitative estimate of drug-likeness (QED) is 0.461. The molecule has 0 bridgehead atoms. The second kappa shape index (κ2) is 10.3. The smallest absolute Gasteiger partial charge is 0.238 e. The molecule has 0 unspecified atom stereocenters. The van der Waals surface area contributed by atoms with Crippen molar-refractivity contribution in [3.8, 4) is 0 Å². The number of nitrogens with one attached hydrogen (secondary N) is 2. The molecule has 27 heavy (non-hydrogen) atoms. The fourth-order valence-corrected chi connectivity index (χ4v) is 3.10. The number of aliphatic imine (C=N–C) groups is 1. The van der Waals surface area contributed by atoms with Crippen LogP contribution in [0.2, 0.25) is 5.02 Å². The van der Waals surface area contributed by atoms with Gasteiger partial charge < -0.3 is 10.6 Å². The van der Waals surface area contributed by atoms with Gasteiger partial charge in [-0.3, -0.25) is 4.99 Å². The van der Waals surface area contributed by atoms with Crippen molar-refractivity contribution in [2.45, 2.75) is 24.7 Å². The first-order valence-electron chi connectivity index (χ1n) is 8.77. The third-order valence-electron chi connectivity index (χ3n) is 3.89. The lowest BCUT2D eigenvalue weighted by molar-refractivity contribution is 0.598. The molecular weight excluding hydrogens is 384 g/mol. The first-order valence-corrected chi connectivity index (χ1v) is 10.7. The fraction of sp³-hybridized carbons (Fsp3) is 0.316. The zero-order valence-corrected chi connectivity index (χ0v) is 16.9. The highest BCUT2D eigenvalue weighted by Crippen LogP contribution is 2.10. The number of hydrogen-bond acceptors (Lipinski definition) is 3. The second-order valence-corrected chi connectivity index (χ2v) is 8.00. The van der Waals surface area contributed by atoms with Crippen LogP contribution in [0.1, 0.15) is 18.1 Å². The molecule has 0 spiro atoms. The van der Waals surface area contributed by atoms with Gasteiger partial charge in [0.25, 0.3) is 0 Å². The summed E-state index contributed by atoms with van der Waals surface area (Å²) < 4.78 is 22.5. The number of hydrogen-bond donors (Lipinski definition) is 3. The maximum atomic E-state index is 11.3. The van der Waals surface area contributed by atoms with Gasteiger partial charge in [-0.15, -0.1) is 0 Å². The Balaban J connectivity index is 1.84. The van der Waals surface area contributed by atoms with E-state index in [-0.39, 0.29) is 4.90 Å². The summed E-state index contributed by atoms with van der Waals surface area (Å²) in [6.07, 6.45) is 1.58. The molecule has 0 saturated carbocycles. The van der Waals surface area contributed by atoms with Gasteiger partial charge in [0, 0.05) is 24.7 Å². The number of nitrogens with two attached hydrogens (primary N) is 1. The molecule has 8 heteroatoms. The molecule has 6 nitrogen and oxygen atoms in total. The van der Waals surface area contributed by atoms with Crippen LogP contribution in [0.15, 0.2) is 58.4 Å². The van der Waals surface area contributed by atoms with E-state index in [0.29, 0.717) is 13.0 Å². The van der Waals surface area contributed by atoms with Gasteiger partial charge in [-0.1, -0.05) is 35.9 Å². The average molecular weight is 409 g/mol. The molecular formula is C19H25ClN4O2S. The third-order valence-corrected chi connectivity index (χ3v) is 5.07. The zero-order valence-electron chi connectivity index (χ0n) is 15.3. The normalized spacial score (nSPS) is 12.0. The number of rotatable bonds is 8. The summed E-state index contributed by atoms with van der Waals surface area (Å²) in [5.41, 5.74) is 2.21. The van der Waals surface area contributed by atoms with E-state index in [1.54, 1.807) is 12.1 Å². The summed E-state index contributed by atoms with van der Waals surface area (Å²) in [5, 5.41) is 12.4. The molecule has 146 valence electrons. The molecule has 0 heterocycles. The lowest BCUT2D eigenvalue weighted by atomic mass is 10.1.